The van der Waals surface area contributed by atoms with E-state index in [-0.39, 0.29) is 18.0 Å². The number of imidazole rings is 1. The first-order valence-corrected chi connectivity index (χ1v) is 13.1. The summed E-state index contributed by atoms with van der Waals surface area (Å²) in [6.07, 6.45) is 4.49. The lowest BCUT2D eigenvalue weighted by Gasteiger charge is -2.27. The molecule has 2 aliphatic carbocycles. The lowest BCUT2D eigenvalue weighted by Crippen LogP contribution is -2.41. The number of hydrogen-bond acceptors (Lipinski definition) is 5. The Hall–Kier alpha value is -3.83. The predicted octanol–water partition coefficient (Wildman–Crippen LogP) is 4.05. The molecule has 1 saturated heterocycles. The first-order valence-electron chi connectivity index (χ1n) is 13.1. The third-order valence-electron chi connectivity index (χ3n) is 8.72. The van der Waals surface area contributed by atoms with E-state index in [9.17, 15) is 10.1 Å². The van der Waals surface area contributed by atoms with Crippen molar-refractivity contribution in [2.45, 2.75) is 44.3 Å². The number of aromatic nitrogens is 3. The van der Waals surface area contributed by atoms with E-state index in [1.165, 1.54) is 12.8 Å². The van der Waals surface area contributed by atoms with Gasteiger partial charge in [-0.2, -0.15) is 5.26 Å². The molecule has 1 aliphatic heterocycles. The van der Waals surface area contributed by atoms with Gasteiger partial charge >= 0.3 is 0 Å². The fraction of sp³-hybridized carbons (Fsp3) is 0.414. The minimum absolute atomic E-state index is 0.00318. The Kier molecular flexibility index (Phi) is 4.89. The van der Waals surface area contributed by atoms with Crippen LogP contribution >= 0.6 is 0 Å². The highest BCUT2D eigenvalue weighted by Crippen LogP contribution is 2.40. The van der Waals surface area contributed by atoms with Crippen LogP contribution in [0.2, 0.25) is 0 Å². The van der Waals surface area contributed by atoms with Gasteiger partial charge in [0.05, 0.1) is 29.4 Å². The van der Waals surface area contributed by atoms with Crippen LogP contribution < -0.4 is 10.5 Å². The Labute approximate surface area is 215 Å². The normalized spacial score (nSPS) is 22.8. The van der Waals surface area contributed by atoms with Gasteiger partial charge in [0, 0.05) is 43.2 Å². The molecular weight excluding hydrogens is 464 g/mol. The summed E-state index contributed by atoms with van der Waals surface area (Å²) in [5, 5.41) is 10.8. The largest absolute Gasteiger partial charge is 0.494 e. The van der Waals surface area contributed by atoms with E-state index in [0.29, 0.717) is 28.7 Å². The molecular formula is C29H30N6O2. The van der Waals surface area contributed by atoms with Gasteiger partial charge in [0.15, 0.2) is 5.82 Å². The van der Waals surface area contributed by atoms with Gasteiger partial charge in [0.25, 0.3) is 5.91 Å². The number of likely N-dealkylation sites (tertiary alicyclic amines) is 1. The van der Waals surface area contributed by atoms with E-state index >= 15 is 0 Å². The van der Waals surface area contributed by atoms with Crippen molar-refractivity contribution in [1.82, 2.24) is 19.0 Å². The molecule has 8 nitrogen and oxygen atoms in total. The first-order chi connectivity index (χ1) is 18.0. The molecule has 2 N–H and O–H groups in total. The van der Waals surface area contributed by atoms with Crippen molar-refractivity contribution in [2.75, 3.05) is 13.7 Å². The Morgan fingerprint density at radius 1 is 1.19 bits per heavy atom. The molecule has 3 fully saturated rings. The number of nitrogens with zero attached hydrogens (tertiary/aromatic N) is 5. The number of fused-ring (bicyclic) bond motifs is 4. The number of rotatable bonds is 5. The quantitative estimate of drug-likeness (QED) is 0.451. The van der Waals surface area contributed by atoms with E-state index in [0.717, 1.165) is 59.4 Å². The molecule has 2 aromatic carbocycles. The number of carbonyl (C=O) groups excluding carboxylic acids is 1. The number of piperidine rings is 1. The SMILES string of the molecule is COc1cc(C(=O)N2C[C@H]3CC[C@@H]2[C@@H]3N)cc2nc(-c3cc4cccc(C#N)c4n3CC3CC3)n(C)c12. The van der Waals surface area contributed by atoms with Gasteiger partial charge in [0.2, 0.25) is 0 Å². The van der Waals surface area contributed by atoms with Crippen LogP contribution in [0, 0.1) is 23.2 Å². The fourth-order valence-corrected chi connectivity index (χ4v) is 6.62. The van der Waals surface area contributed by atoms with Crippen molar-refractivity contribution in [3.8, 4) is 23.3 Å². The number of aryl methyl sites for hydroxylation is 1. The van der Waals surface area contributed by atoms with Gasteiger partial charge in [-0.05, 0) is 61.8 Å². The monoisotopic (exact) mass is 494 g/mol. The van der Waals surface area contributed by atoms with Crippen molar-refractivity contribution in [3.05, 3.63) is 47.5 Å². The standard InChI is InChI=1S/C29H30N6O2/c1-33-27-21(10-20(12-24(27)37-2)29(36)35-15-19-8-9-22(35)25(19)31)32-28(33)23-11-17-4-3-5-18(13-30)26(17)34(23)14-16-6-7-16/h3-5,10-12,16,19,22,25H,6-9,14-15,31H2,1-2H3/t19-,22-,25-/m1/s1. The highest BCUT2D eigenvalue weighted by atomic mass is 16.5. The molecule has 3 atom stereocenters. The molecule has 0 radical (unpaired) electrons. The van der Waals surface area contributed by atoms with Crippen molar-refractivity contribution < 1.29 is 9.53 Å². The van der Waals surface area contributed by atoms with Gasteiger partial charge in [-0.25, -0.2) is 4.98 Å². The van der Waals surface area contributed by atoms with Gasteiger partial charge in [-0.3, -0.25) is 4.79 Å². The lowest BCUT2D eigenvalue weighted by atomic mass is 10.1. The molecule has 4 aromatic rings. The van der Waals surface area contributed by atoms with Crippen molar-refractivity contribution >= 4 is 27.8 Å². The summed E-state index contributed by atoms with van der Waals surface area (Å²) >= 11 is 0. The molecule has 8 heteroatoms. The molecule has 2 bridgehead atoms. The second-order valence-corrected chi connectivity index (χ2v) is 10.9. The Morgan fingerprint density at radius 2 is 2.03 bits per heavy atom. The first kappa shape index (κ1) is 22.4. The highest BCUT2D eigenvalue weighted by Gasteiger charge is 2.47. The van der Waals surface area contributed by atoms with Crippen molar-refractivity contribution in [3.63, 3.8) is 0 Å². The molecule has 7 rings (SSSR count). The Balaban J connectivity index is 1.37. The minimum atomic E-state index is -0.00318. The molecule has 1 amide bonds. The van der Waals surface area contributed by atoms with Crippen LogP contribution in [-0.2, 0) is 13.6 Å². The molecule has 188 valence electrons. The maximum absolute atomic E-state index is 13.6. The summed E-state index contributed by atoms with van der Waals surface area (Å²) in [7, 11) is 3.62. The molecule has 3 aliphatic rings. The Bertz CT molecular complexity index is 1620. The van der Waals surface area contributed by atoms with Gasteiger partial charge < -0.3 is 24.5 Å². The smallest absolute Gasteiger partial charge is 0.254 e. The number of hydrogen-bond donors (Lipinski definition) is 1. The number of benzene rings is 2. The van der Waals surface area contributed by atoms with E-state index in [1.54, 1.807) is 7.11 Å². The van der Waals surface area contributed by atoms with Crippen LogP contribution in [0.3, 0.4) is 0 Å². The number of amides is 1. The van der Waals surface area contributed by atoms with Crippen LogP contribution in [-0.4, -0.2) is 50.7 Å². The minimum Gasteiger partial charge on any atom is -0.494 e. The van der Waals surface area contributed by atoms with Crippen LogP contribution in [0.5, 0.6) is 5.75 Å². The fourth-order valence-electron chi connectivity index (χ4n) is 6.62. The maximum Gasteiger partial charge on any atom is 0.254 e. The van der Waals surface area contributed by atoms with E-state index < -0.39 is 0 Å². The molecule has 3 heterocycles. The number of ether oxygens (including phenoxy) is 1. The molecule has 2 saturated carbocycles. The van der Waals surface area contributed by atoms with Gasteiger partial charge in [-0.15, -0.1) is 0 Å². The van der Waals surface area contributed by atoms with Crippen LogP contribution in [0.15, 0.2) is 36.4 Å². The van der Waals surface area contributed by atoms with E-state index in [4.69, 9.17) is 15.5 Å². The van der Waals surface area contributed by atoms with Crippen LogP contribution in [0.1, 0.15) is 41.6 Å². The molecule has 2 aromatic heterocycles. The average Bonchev–Trinajstić information content (AvgIpc) is 3.30. The average molecular weight is 495 g/mol. The molecule has 0 unspecified atom stereocenters. The van der Waals surface area contributed by atoms with Crippen molar-refractivity contribution in [2.24, 2.45) is 24.6 Å². The number of nitrogens with two attached hydrogens (primary N) is 1. The third kappa shape index (κ3) is 3.30. The van der Waals surface area contributed by atoms with Crippen LogP contribution in [0.4, 0.5) is 0 Å². The molecule has 0 spiro atoms. The second kappa shape index (κ2) is 8.09. The third-order valence-corrected chi connectivity index (χ3v) is 8.72. The Morgan fingerprint density at radius 3 is 2.70 bits per heavy atom. The number of para-hydroxylation sites is 1. The summed E-state index contributed by atoms with van der Waals surface area (Å²) in [4.78, 5) is 20.6. The summed E-state index contributed by atoms with van der Waals surface area (Å²) in [6, 6.07) is 14.3. The summed E-state index contributed by atoms with van der Waals surface area (Å²) < 4.78 is 10.1. The van der Waals surface area contributed by atoms with Crippen molar-refractivity contribution in [1.29, 1.82) is 5.26 Å². The zero-order chi connectivity index (χ0) is 25.4. The molecule has 37 heavy (non-hydrogen) atoms. The predicted molar refractivity (Wildman–Crippen MR) is 141 cm³/mol. The van der Waals surface area contributed by atoms with Crippen LogP contribution in [0.25, 0.3) is 33.5 Å². The number of carbonyl (C=O) groups is 1. The summed E-state index contributed by atoms with van der Waals surface area (Å²) in [5.41, 5.74) is 11.1. The summed E-state index contributed by atoms with van der Waals surface area (Å²) in [5.74, 6) is 2.43. The van der Waals surface area contributed by atoms with E-state index in [2.05, 4.69) is 22.8 Å². The highest BCUT2D eigenvalue weighted by molar-refractivity contribution is 6.00. The zero-order valence-electron chi connectivity index (χ0n) is 21.1. The number of methoxy groups -OCH3 is 1. The summed E-state index contributed by atoms with van der Waals surface area (Å²) in [6.45, 7) is 1.58. The van der Waals surface area contributed by atoms with Gasteiger partial charge in [-0.1, -0.05) is 12.1 Å². The van der Waals surface area contributed by atoms with E-state index in [1.807, 2.05) is 40.8 Å². The topological polar surface area (TPSA) is 102 Å². The zero-order valence-corrected chi connectivity index (χ0v) is 21.1. The lowest BCUT2D eigenvalue weighted by molar-refractivity contribution is 0.0700. The second-order valence-electron chi connectivity index (χ2n) is 10.9. The number of nitriles is 1. The van der Waals surface area contributed by atoms with Gasteiger partial charge in [0.1, 0.15) is 17.3 Å². The maximum atomic E-state index is 13.6.